The van der Waals surface area contributed by atoms with Crippen LogP contribution in [0, 0.1) is 24.7 Å². The first-order valence-electron chi connectivity index (χ1n) is 5.09. The van der Waals surface area contributed by atoms with Crippen molar-refractivity contribution in [3.05, 3.63) is 27.3 Å². The van der Waals surface area contributed by atoms with Gasteiger partial charge in [0, 0.05) is 10.8 Å². The molecule has 2 heteroatoms. The molecule has 0 aliphatic heterocycles. The van der Waals surface area contributed by atoms with E-state index in [1.165, 1.54) is 0 Å². The topological polar surface area (TPSA) is 37.0 Å². The highest BCUT2D eigenvalue weighted by Gasteiger charge is 2.07. The molecule has 0 saturated carbocycles. The highest BCUT2D eigenvalue weighted by molar-refractivity contribution is 5.28. The quantitative estimate of drug-likeness (QED) is 0.686. The smallest absolute Gasteiger partial charge is 0.132 e. The van der Waals surface area contributed by atoms with Gasteiger partial charge in [0.1, 0.15) is 11.2 Å². The number of hydrogen-bond donors (Lipinski definition) is 1. The fourth-order valence-electron chi connectivity index (χ4n) is 1.34. The summed E-state index contributed by atoms with van der Waals surface area (Å²) >= 11 is 0. The van der Waals surface area contributed by atoms with Crippen molar-refractivity contribution in [2.75, 3.05) is 0 Å². The van der Waals surface area contributed by atoms with Crippen molar-refractivity contribution in [3.8, 4) is 0 Å². The predicted octanol–water partition coefficient (Wildman–Crippen LogP) is 1.61. The normalized spacial score (nSPS) is 13.3. The van der Waals surface area contributed by atoms with Crippen molar-refractivity contribution < 1.29 is 4.42 Å². The Morgan fingerprint density at radius 1 is 1.27 bits per heavy atom. The van der Waals surface area contributed by atoms with Crippen molar-refractivity contribution >= 4 is 12.7 Å². The van der Waals surface area contributed by atoms with Gasteiger partial charge in [-0.3, -0.25) is 5.41 Å². The molecule has 0 fully saturated rings. The predicted molar refractivity (Wildman–Crippen MR) is 62.7 cm³/mol. The lowest BCUT2D eigenvalue weighted by Gasteiger charge is -2.11. The van der Waals surface area contributed by atoms with Gasteiger partial charge in [-0.05, 0) is 25.3 Å². The summed E-state index contributed by atoms with van der Waals surface area (Å²) in [6, 6.07) is 0. The van der Waals surface area contributed by atoms with Crippen LogP contribution in [-0.4, -0.2) is 0 Å². The van der Waals surface area contributed by atoms with Gasteiger partial charge in [0.15, 0.2) is 0 Å². The molecule has 15 heavy (non-hydrogen) atoms. The standard InChI is InChI=1S/C13H19NO/c1-8-10(3)15-11(7-13(4,5)6)9(2)12(8)14/h7,14H,2H2,1,3-6H3/b11-7+,14-12?. The van der Waals surface area contributed by atoms with Gasteiger partial charge in [0.25, 0.3) is 0 Å². The van der Waals surface area contributed by atoms with Crippen LogP contribution in [-0.2, 0) is 0 Å². The molecule has 1 aromatic heterocycles. The highest BCUT2D eigenvalue weighted by Crippen LogP contribution is 2.13. The summed E-state index contributed by atoms with van der Waals surface area (Å²) < 4.78 is 5.66. The Hall–Kier alpha value is -1.31. The number of aryl methyl sites for hydroxylation is 1. The summed E-state index contributed by atoms with van der Waals surface area (Å²) in [7, 11) is 0. The van der Waals surface area contributed by atoms with Crippen LogP contribution in [0.25, 0.3) is 12.7 Å². The van der Waals surface area contributed by atoms with Crippen LogP contribution in [0.4, 0.5) is 0 Å². The summed E-state index contributed by atoms with van der Waals surface area (Å²) in [5.74, 6) is 0.794. The van der Waals surface area contributed by atoms with Crippen LogP contribution < -0.4 is 16.0 Å². The van der Waals surface area contributed by atoms with E-state index in [1.54, 1.807) is 0 Å². The monoisotopic (exact) mass is 205 g/mol. The van der Waals surface area contributed by atoms with E-state index in [4.69, 9.17) is 9.83 Å². The molecular formula is C13H19NO. The maximum Gasteiger partial charge on any atom is 0.132 e. The molecule has 0 unspecified atom stereocenters. The second-order valence-corrected chi connectivity index (χ2v) is 5.01. The zero-order valence-corrected chi connectivity index (χ0v) is 10.2. The minimum absolute atomic E-state index is 0.0318. The molecule has 1 aromatic rings. The van der Waals surface area contributed by atoms with E-state index >= 15 is 0 Å². The third-order valence-electron chi connectivity index (χ3n) is 2.33. The second kappa shape index (κ2) is 3.69. The lowest BCUT2D eigenvalue weighted by Crippen LogP contribution is -2.40. The fourth-order valence-corrected chi connectivity index (χ4v) is 1.34. The second-order valence-electron chi connectivity index (χ2n) is 5.01. The molecule has 0 radical (unpaired) electrons. The molecule has 0 aliphatic carbocycles. The van der Waals surface area contributed by atoms with Gasteiger partial charge in [-0.15, -0.1) is 0 Å². The van der Waals surface area contributed by atoms with E-state index in [2.05, 4.69) is 27.4 Å². The van der Waals surface area contributed by atoms with Crippen LogP contribution in [0.15, 0.2) is 4.42 Å². The fraction of sp³-hybridized carbons (Fsp3) is 0.462. The van der Waals surface area contributed by atoms with Crippen molar-refractivity contribution in [1.29, 1.82) is 5.41 Å². The maximum absolute atomic E-state index is 7.89. The molecule has 0 aromatic carbocycles. The zero-order valence-electron chi connectivity index (χ0n) is 10.2. The van der Waals surface area contributed by atoms with Crippen LogP contribution in [0.3, 0.4) is 0 Å². The van der Waals surface area contributed by atoms with Gasteiger partial charge >= 0.3 is 0 Å². The van der Waals surface area contributed by atoms with E-state index in [0.717, 1.165) is 16.7 Å². The Kier molecular flexibility index (Phi) is 2.89. The molecule has 82 valence electrons. The van der Waals surface area contributed by atoms with Gasteiger partial charge in [-0.1, -0.05) is 27.4 Å². The molecule has 0 amide bonds. The Morgan fingerprint density at radius 3 is 2.27 bits per heavy atom. The Labute approximate surface area is 90.5 Å². The zero-order chi connectivity index (χ0) is 11.8. The van der Waals surface area contributed by atoms with E-state index in [-0.39, 0.29) is 5.41 Å². The average molecular weight is 205 g/mol. The molecule has 1 rings (SSSR count). The highest BCUT2D eigenvalue weighted by atomic mass is 16.3. The van der Waals surface area contributed by atoms with Crippen molar-refractivity contribution in [2.45, 2.75) is 34.6 Å². The van der Waals surface area contributed by atoms with Crippen LogP contribution in [0.1, 0.15) is 32.1 Å². The van der Waals surface area contributed by atoms with Gasteiger partial charge in [-0.25, -0.2) is 0 Å². The first-order chi connectivity index (χ1) is 6.72. The molecule has 1 N–H and O–H groups in total. The minimum atomic E-state index is 0.0318. The Bertz CT molecular complexity index is 529. The molecule has 0 bridgehead atoms. The van der Waals surface area contributed by atoms with Gasteiger partial charge in [0.05, 0.1) is 5.36 Å². The minimum Gasteiger partial charge on any atom is -0.461 e. The summed E-state index contributed by atoms with van der Waals surface area (Å²) in [6.07, 6.45) is 2.01. The van der Waals surface area contributed by atoms with Crippen LogP contribution in [0.5, 0.6) is 0 Å². The van der Waals surface area contributed by atoms with Crippen LogP contribution in [0.2, 0.25) is 0 Å². The summed E-state index contributed by atoms with van der Waals surface area (Å²) in [5, 5.41) is 9.05. The van der Waals surface area contributed by atoms with Crippen LogP contribution >= 0.6 is 0 Å². The van der Waals surface area contributed by atoms with Crippen molar-refractivity contribution in [3.63, 3.8) is 0 Å². The first kappa shape index (κ1) is 11.8. The lowest BCUT2D eigenvalue weighted by molar-refractivity contribution is 0.458. The summed E-state index contributed by atoms with van der Waals surface area (Å²) in [6.45, 7) is 14.0. The molecule has 0 saturated heterocycles. The van der Waals surface area contributed by atoms with Gasteiger partial charge in [0.2, 0.25) is 0 Å². The van der Waals surface area contributed by atoms with Gasteiger partial charge in [-0.2, -0.15) is 0 Å². The number of hydrogen-bond acceptors (Lipinski definition) is 2. The van der Waals surface area contributed by atoms with E-state index in [0.29, 0.717) is 10.6 Å². The molecule has 1 heterocycles. The lowest BCUT2D eigenvalue weighted by atomic mass is 9.96. The van der Waals surface area contributed by atoms with Crippen molar-refractivity contribution in [1.82, 2.24) is 0 Å². The van der Waals surface area contributed by atoms with Crippen molar-refractivity contribution in [2.24, 2.45) is 5.41 Å². The molecule has 2 nitrogen and oxygen atoms in total. The van der Waals surface area contributed by atoms with E-state index in [1.807, 2.05) is 19.9 Å². The Morgan fingerprint density at radius 2 is 1.80 bits per heavy atom. The Balaban J connectivity index is 3.69. The first-order valence-corrected chi connectivity index (χ1v) is 5.09. The third kappa shape index (κ3) is 2.58. The average Bonchev–Trinajstić information content (AvgIpc) is 2.08. The van der Waals surface area contributed by atoms with E-state index in [9.17, 15) is 0 Å². The summed E-state index contributed by atoms with van der Waals surface area (Å²) in [4.78, 5) is 0. The SMILES string of the molecule is C=c1c(=N)c(C)c(C)o/c1=C/C(C)(C)C. The molecule has 0 atom stereocenters. The number of rotatable bonds is 0. The maximum atomic E-state index is 7.89. The molecule has 0 aliphatic rings. The van der Waals surface area contributed by atoms with E-state index < -0.39 is 0 Å². The summed E-state index contributed by atoms with van der Waals surface area (Å²) in [5.41, 5.74) is 1.62. The van der Waals surface area contributed by atoms with Gasteiger partial charge < -0.3 is 4.42 Å². The number of nitrogens with one attached hydrogen (secondary N) is 1. The molecular weight excluding hydrogens is 186 g/mol. The third-order valence-corrected chi connectivity index (χ3v) is 2.33. The molecule has 0 spiro atoms. The largest absolute Gasteiger partial charge is 0.461 e.